The van der Waals surface area contributed by atoms with Gasteiger partial charge in [0.1, 0.15) is 11.9 Å². The summed E-state index contributed by atoms with van der Waals surface area (Å²) < 4.78 is 20.2. The second-order valence-electron chi connectivity index (χ2n) is 4.92. The Kier molecular flexibility index (Phi) is 4.93. The molecule has 0 radical (unpaired) electrons. The highest BCUT2D eigenvalue weighted by molar-refractivity contribution is 8.01. The molecule has 1 aromatic heterocycles. The highest BCUT2D eigenvalue weighted by Gasteiger charge is 2.13. The van der Waals surface area contributed by atoms with E-state index in [4.69, 9.17) is 4.74 Å². The van der Waals surface area contributed by atoms with Gasteiger partial charge in [0.2, 0.25) is 0 Å². The number of thioether (sulfide) groups is 1. The van der Waals surface area contributed by atoms with Gasteiger partial charge in [-0.15, -0.1) is 11.3 Å². The lowest BCUT2D eigenvalue weighted by molar-refractivity contribution is -0.145. The number of ether oxygens (including phenoxy) is 1. The van der Waals surface area contributed by atoms with Crippen LogP contribution in [-0.4, -0.2) is 16.7 Å². The second kappa shape index (κ2) is 7.10. The predicted octanol–water partition coefficient (Wildman–Crippen LogP) is 4.83. The summed E-state index contributed by atoms with van der Waals surface area (Å²) >= 11 is 2.93. The minimum absolute atomic E-state index is 0.200. The fourth-order valence-corrected chi connectivity index (χ4v) is 3.92. The number of halogens is 1. The molecule has 3 aromatic rings. The molecule has 0 fully saturated rings. The molecule has 0 unspecified atom stereocenters. The third-order valence-electron chi connectivity index (χ3n) is 3.24. The van der Waals surface area contributed by atoms with E-state index in [9.17, 15) is 9.18 Å². The standard InChI is InChI=1S/C17H14FNO2S2/c1-11(12-6-8-13(18)9-7-12)21-16(20)10-22-17-19-14-4-2-3-5-15(14)23-17/h2-9,11H,10H2,1H3/t11-/m0/s1. The zero-order chi connectivity index (χ0) is 16.2. The number of rotatable bonds is 5. The number of thiazole rings is 1. The van der Waals surface area contributed by atoms with Crippen LogP contribution in [0.15, 0.2) is 52.9 Å². The van der Waals surface area contributed by atoms with E-state index in [1.807, 2.05) is 24.3 Å². The van der Waals surface area contributed by atoms with E-state index in [1.165, 1.54) is 23.9 Å². The van der Waals surface area contributed by atoms with Crippen molar-refractivity contribution in [2.45, 2.75) is 17.4 Å². The maximum absolute atomic E-state index is 12.9. The highest BCUT2D eigenvalue weighted by atomic mass is 32.2. The first-order valence-electron chi connectivity index (χ1n) is 7.05. The summed E-state index contributed by atoms with van der Waals surface area (Å²) in [6.07, 6.45) is -0.404. The van der Waals surface area contributed by atoms with E-state index in [0.717, 1.165) is 20.1 Å². The number of hydrogen-bond donors (Lipinski definition) is 0. The summed E-state index contributed by atoms with van der Waals surface area (Å²) in [6.45, 7) is 1.77. The van der Waals surface area contributed by atoms with Crippen molar-refractivity contribution in [1.29, 1.82) is 0 Å². The maximum Gasteiger partial charge on any atom is 0.316 e. The second-order valence-corrected chi connectivity index (χ2v) is 7.17. The Balaban J connectivity index is 1.55. The molecular formula is C17H14FNO2S2. The first kappa shape index (κ1) is 16.0. The quantitative estimate of drug-likeness (QED) is 0.489. The Bertz CT molecular complexity index is 784. The topological polar surface area (TPSA) is 39.2 Å². The van der Waals surface area contributed by atoms with E-state index in [0.29, 0.717) is 0 Å². The fraction of sp³-hybridized carbons (Fsp3) is 0.176. The van der Waals surface area contributed by atoms with E-state index in [2.05, 4.69) is 4.98 Å². The molecule has 23 heavy (non-hydrogen) atoms. The predicted molar refractivity (Wildman–Crippen MR) is 91.3 cm³/mol. The monoisotopic (exact) mass is 347 g/mol. The molecule has 0 aliphatic rings. The lowest BCUT2D eigenvalue weighted by Crippen LogP contribution is -2.11. The van der Waals surface area contributed by atoms with Crippen LogP contribution in [0.1, 0.15) is 18.6 Å². The lowest BCUT2D eigenvalue weighted by atomic mass is 10.1. The summed E-state index contributed by atoms with van der Waals surface area (Å²) in [7, 11) is 0. The van der Waals surface area contributed by atoms with Gasteiger partial charge in [0.15, 0.2) is 4.34 Å². The Morgan fingerprint density at radius 3 is 2.74 bits per heavy atom. The van der Waals surface area contributed by atoms with Gasteiger partial charge >= 0.3 is 5.97 Å². The lowest BCUT2D eigenvalue weighted by Gasteiger charge is -2.13. The largest absolute Gasteiger partial charge is 0.457 e. The molecule has 0 spiro atoms. The molecule has 118 valence electrons. The molecule has 0 aliphatic heterocycles. The first-order chi connectivity index (χ1) is 11.1. The number of carbonyl (C=O) groups is 1. The number of esters is 1. The van der Waals surface area contributed by atoms with Crippen molar-refractivity contribution in [1.82, 2.24) is 4.98 Å². The van der Waals surface area contributed by atoms with E-state index >= 15 is 0 Å². The molecular weight excluding hydrogens is 333 g/mol. The molecule has 1 atom stereocenters. The first-order valence-corrected chi connectivity index (χ1v) is 8.85. The van der Waals surface area contributed by atoms with Gasteiger partial charge in [0, 0.05) is 0 Å². The van der Waals surface area contributed by atoms with Crippen molar-refractivity contribution < 1.29 is 13.9 Å². The number of benzene rings is 2. The van der Waals surface area contributed by atoms with Crippen molar-refractivity contribution in [3.05, 3.63) is 59.9 Å². The van der Waals surface area contributed by atoms with Crippen LogP contribution in [0, 0.1) is 5.82 Å². The van der Waals surface area contributed by atoms with Crippen LogP contribution in [-0.2, 0) is 9.53 Å². The summed E-state index contributed by atoms with van der Waals surface area (Å²) in [5.41, 5.74) is 1.71. The van der Waals surface area contributed by atoms with Gasteiger partial charge in [-0.2, -0.15) is 0 Å². The Labute approximate surface area is 141 Å². The normalized spacial score (nSPS) is 12.3. The van der Waals surface area contributed by atoms with Crippen LogP contribution in [0.4, 0.5) is 4.39 Å². The fourth-order valence-electron chi connectivity index (χ4n) is 2.07. The van der Waals surface area contributed by atoms with Crippen LogP contribution < -0.4 is 0 Å². The van der Waals surface area contributed by atoms with Crippen LogP contribution in [0.25, 0.3) is 10.2 Å². The molecule has 3 nitrogen and oxygen atoms in total. The van der Waals surface area contributed by atoms with Crippen LogP contribution in [0.5, 0.6) is 0 Å². The third-order valence-corrected chi connectivity index (χ3v) is 5.39. The van der Waals surface area contributed by atoms with Gasteiger partial charge in [-0.1, -0.05) is 36.0 Å². The van der Waals surface area contributed by atoms with Crippen molar-refractivity contribution in [2.24, 2.45) is 0 Å². The molecule has 1 heterocycles. The van der Waals surface area contributed by atoms with E-state index in [1.54, 1.807) is 30.4 Å². The number of fused-ring (bicyclic) bond motifs is 1. The molecule has 0 aliphatic carbocycles. The summed E-state index contributed by atoms with van der Waals surface area (Å²) in [4.78, 5) is 16.4. The van der Waals surface area contributed by atoms with Crippen molar-refractivity contribution in [2.75, 3.05) is 5.75 Å². The van der Waals surface area contributed by atoms with Gasteiger partial charge in [-0.3, -0.25) is 4.79 Å². The van der Waals surface area contributed by atoms with Crippen LogP contribution in [0.2, 0.25) is 0 Å². The summed E-state index contributed by atoms with van der Waals surface area (Å²) in [6, 6.07) is 13.8. The number of carbonyl (C=O) groups excluding carboxylic acids is 1. The molecule has 2 aromatic carbocycles. The number of hydrogen-bond acceptors (Lipinski definition) is 5. The molecule has 0 bridgehead atoms. The SMILES string of the molecule is C[C@H](OC(=O)CSc1nc2ccccc2s1)c1ccc(F)cc1. The molecule has 0 amide bonds. The molecule has 6 heteroatoms. The average molecular weight is 347 g/mol. The molecule has 3 rings (SSSR count). The number of nitrogens with zero attached hydrogens (tertiary/aromatic N) is 1. The van der Waals surface area contributed by atoms with E-state index in [-0.39, 0.29) is 17.5 Å². The van der Waals surface area contributed by atoms with Gasteiger partial charge in [-0.25, -0.2) is 9.37 Å². The minimum atomic E-state index is -0.404. The number of aromatic nitrogens is 1. The zero-order valence-electron chi connectivity index (χ0n) is 12.4. The molecule has 0 saturated heterocycles. The molecule has 0 N–H and O–H groups in total. The van der Waals surface area contributed by atoms with E-state index < -0.39 is 6.10 Å². The summed E-state index contributed by atoms with van der Waals surface area (Å²) in [5, 5.41) is 0. The van der Waals surface area contributed by atoms with Gasteiger partial charge in [0.25, 0.3) is 0 Å². The van der Waals surface area contributed by atoms with Gasteiger partial charge < -0.3 is 4.74 Å². The smallest absolute Gasteiger partial charge is 0.316 e. The molecule has 0 saturated carbocycles. The van der Waals surface area contributed by atoms with Crippen LogP contribution in [0.3, 0.4) is 0 Å². The Morgan fingerprint density at radius 1 is 1.26 bits per heavy atom. The van der Waals surface area contributed by atoms with Crippen molar-refractivity contribution >= 4 is 39.3 Å². The number of para-hydroxylation sites is 1. The van der Waals surface area contributed by atoms with Crippen molar-refractivity contribution in [3.63, 3.8) is 0 Å². The zero-order valence-corrected chi connectivity index (χ0v) is 14.0. The highest BCUT2D eigenvalue weighted by Crippen LogP contribution is 2.29. The Hall–Kier alpha value is -1.92. The average Bonchev–Trinajstić information content (AvgIpc) is 2.96. The van der Waals surface area contributed by atoms with Crippen LogP contribution >= 0.6 is 23.1 Å². The van der Waals surface area contributed by atoms with Gasteiger partial charge in [-0.05, 0) is 36.8 Å². The minimum Gasteiger partial charge on any atom is -0.457 e. The maximum atomic E-state index is 12.9. The summed E-state index contributed by atoms with van der Waals surface area (Å²) in [5.74, 6) is -0.421. The Morgan fingerprint density at radius 2 is 2.00 bits per heavy atom. The van der Waals surface area contributed by atoms with Gasteiger partial charge in [0.05, 0.1) is 16.0 Å². The third kappa shape index (κ3) is 4.09. The van der Waals surface area contributed by atoms with Crippen molar-refractivity contribution in [3.8, 4) is 0 Å².